The van der Waals surface area contributed by atoms with E-state index in [1.807, 2.05) is 0 Å². The lowest BCUT2D eigenvalue weighted by Gasteiger charge is -2.14. The van der Waals surface area contributed by atoms with E-state index < -0.39 is 0 Å². The molecule has 0 fully saturated rings. The molecule has 2 N–H and O–H groups in total. The van der Waals surface area contributed by atoms with E-state index in [4.69, 9.17) is 12.2 Å². The van der Waals surface area contributed by atoms with Crippen molar-refractivity contribution in [2.75, 3.05) is 0 Å². The van der Waals surface area contributed by atoms with E-state index in [1.165, 1.54) is 6.42 Å². The number of nitrogens with two attached hydrogens (primary N) is 1. The van der Waals surface area contributed by atoms with Crippen molar-refractivity contribution < 1.29 is 0 Å². The number of hydrogen-bond acceptors (Lipinski definition) is 1. The van der Waals surface area contributed by atoms with Gasteiger partial charge in [0.05, 0.1) is 0 Å². The summed E-state index contributed by atoms with van der Waals surface area (Å²) in [5, 5.41) is 0. The van der Waals surface area contributed by atoms with Crippen LogP contribution < -0.4 is 5.73 Å². The average Bonchev–Trinajstić information content (AvgIpc) is 2.00. The summed E-state index contributed by atoms with van der Waals surface area (Å²) in [5.74, 6) is 3.35. The Morgan fingerprint density at radius 2 is 2.18 bits per heavy atom. The summed E-state index contributed by atoms with van der Waals surface area (Å²) in [6, 6.07) is 0.306. The van der Waals surface area contributed by atoms with Gasteiger partial charge in [-0.25, -0.2) is 0 Å². The Labute approximate surface area is 70.4 Å². The summed E-state index contributed by atoms with van der Waals surface area (Å²) in [4.78, 5) is 0. The highest BCUT2D eigenvalue weighted by Crippen LogP contribution is 2.11. The molecular weight excluding hydrogens is 134 g/mol. The molecule has 1 heteroatoms. The number of terminal acetylenes is 1. The molecule has 0 aliphatic heterocycles. The van der Waals surface area contributed by atoms with E-state index >= 15 is 0 Å². The molecule has 1 nitrogen and oxygen atoms in total. The molecule has 2 unspecified atom stereocenters. The van der Waals surface area contributed by atoms with Gasteiger partial charge in [0.25, 0.3) is 0 Å². The normalized spacial score (nSPS) is 15.5. The Morgan fingerprint density at radius 3 is 2.64 bits per heavy atom. The lowest BCUT2D eigenvalue weighted by atomic mass is 9.97. The van der Waals surface area contributed by atoms with Crippen LogP contribution in [0.1, 0.15) is 39.5 Å². The van der Waals surface area contributed by atoms with Crippen LogP contribution in [-0.2, 0) is 0 Å². The molecule has 0 aliphatic rings. The predicted octanol–water partition coefficient (Wildman–Crippen LogP) is 2.16. The number of rotatable bonds is 5. The molecule has 0 saturated carbocycles. The van der Waals surface area contributed by atoms with Crippen LogP contribution in [-0.4, -0.2) is 6.04 Å². The van der Waals surface area contributed by atoms with Crippen LogP contribution in [0.4, 0.5) is 0 Å². The van der Waals surface area contributed by atoms with E-state index in [9.17, 15) is 0 Å². The molecule has 0 bridgehead atoms. The highest BCUT2D eigenvalue weighted by atomic mass is 14.6. The summed E-state index contributed by atoms with van der Waals surface area (Å²) < 4.78 is 0. The largest absolute Gasteiger partial charge is 0.328 e. The summed E-state index contributed by atoms with van der Waals surface area (Å²) >= 11 is 0. The Balaban J connectivity index is 3.37. The number of hydrogen-bond donors (Lipinski definition) is 1. The minimum atomic E-state index is 0.306. The van der Waals surface area contributed by atoms with E-state index in [0.717, 1.165) is 25.2 Å². The fraction of sp³-hybridized carbons (Fsp3) is 0.800. The minimum absolute atomic E-state index is 0.306. The first-order valence-corrected chi connectivity index (χ1v) is 4.39. The van der Waals surface area contributed by atoms with Gasteiger partial charge < -0.3 is 5.73 Å². The second-order valence-corrected chi connectivity index (χ2v) is 3.25. The SMILES string of the molecule is C#CCCC(N)CC(C)CC. The monoisotopic (exact) mass is 153 g/mol. The lowest BCUT2D eigenvalue weighted by molar-refractivity contribution is 0.439. The molecule has 0 aromatic carbocycles. The maximum absolute atomic E-state index is 5.84. The van der Waals surface area contributed by atoms with Gasteiger partial charge in [-0.05, 0) is 18.8 Å². The van der Waals surface area contributed by atoms with Gasteiger partial charge in [0.1, 0.15) is 0 Å². The topological polar surface area (TPSA) is 26.0 Å². The van der Waals surface area contributed by atoms with Crippen molar-refractivity contribution in [3.8, 4) is 12.3 Å². The van der Waals surface area contributed by atoms with E-state index in [-0.39, 0.29) is 0 Å². The van der Waals surface area contributed by atoms with E-state index in [0.29, 0.717) is 6.04 Å². The van der Waals surface area contributed by atoms with Gasteiger partial charge >= 0.3 is 0 Å². The van der Waals surface area contributed by atoms with Crippen molar-refractivity contribution in [3.63, 3.8) is 0 Å². The van der Waals surface area contributed by atoms with Crippen LogP contribution in [0, 0.1) is 18.3 Å². The zero-order chi connectivity index (χ0) is 8.69. The summed E-state index contributed by atoms with van der Waals surface area (Å²) in [5.41, 5.74) is 5.84. The molecule has 0 aromatic rings. The molecule has 0 heterocycles. The maximum Gasteiger partial charge on any atom is 0.0101 e. The molecule has 0 spiro atoms. The third-order valence-corrected chi connectivity index (χ3v) is 2.06. The third-order valence-electron chi connectivity index (χ3n) is 2.06. The quantitative estimate of drug-likeness (QED) is 0.602. The van der Waals surface area contributed by atoms with Crippen LogP contribution in [0.3, 0.4) is 0 Å². The Morgan fingerprint density at radius 1 is 1.55 bits per heavy atom. The van der Waals surface area contributed by atoms with Gasteiger partial charge in [0, 0.05) is 12.5 Å². The van der Waals surface area contributed by atoms with Crippen molar-refractivity contribution in [1.82, 2.24) is 0 Å². The highest BCUT2D eigenvalue weighted by Gasteiger charge is 2.05. The zero-order valence-electron chi connectivity index (χ0n) is 7.64. The van der Waals surface area contributed by atoms with Crippen LogP contribution >= 0.6 is 0 Å². The molecule has 0 aliphatic carbocycles. The first kappa shape index (κ1) is 10.5. The van der Waals surface area contributed by atoms with Crippen molar-refractivity contribution >= 4 is 0 Å². The first-order chi connectivity index (χ1) is 5.20. The summed E-state index contributed by atoms with van der Waals surface area (Å²) in [6.45, 7) is 4.42. The van der Waals surface area contributed by atoms with Crippen LogP contribution in [0.5, 0.6) is 0 Å². The molecule has 0 amide bonds. The Kier molecular flexibility index (Phi) is 5.97. The second kappa shape index (κ2) is 6.24. The molecule has 0 saturated heterocycles. The molecule has 2 atom stereocenters. The van der Waals surface area contributed by atoms with E-state index in [2.05, 4.69) is 19.8 Å². The standard InChI is InChI=1S/C10H19N/c1-4-6-7-10(11)8-9(3)5-2/h1,9-10H,5-8,11H2,2-3H3. The zero-order valence-corrected chi connectivity index (χ0v) is 7.64. The smallest absolute Gasteiger partial charge is 0.0101 e. The molecule has 0 radical (unpaired) electrons. The van der Waals surface area contributed by atoms with Crippen LogP contribution in [0.2, 0.25) is 0 Å². The van der Waals surface area contributed by atoms with Crippen molar-refractivity contribution in [3.05, 3.63) is 0 Å². The van der Waals surface area contributed by atoms with Gasteiger partial charge in [-0.3, -0.25) is 0 Å². The summed E-state index contributed by atoms with van der Waals surface area (Å²) in [6.07, 6.45) is 9.25. The molecule has 0 aromatic heterocycles. The van der Waals surface area contributed by atoms with Gasteiger partial charge in [-0.1, -0.05) is 20.3 Å². The second-order valence-electron chi connectivity index (χ2n) is 3.25. The van der Waals surface area contributed by atoms with Gasteiger partial charge in [0.15, 0.2) is 0 Å². The highest BCUT2D eigenvalue weighted by molar-refractivity contribution is 4.85. The molecule has 0 rings (SSSR count). The third kappa shape index (κ3) is 5.94. The van der Waals surface area contributed by atoms with Crippen molar-refractivity contribution in [1.29, 1.82) is 0 Å². The van der Waals surface area contributed by atoms with Crippen LogP contribution in [0.25, 0.3) is 0 Å². The van der Waals surface area contributed by atoms with Gasteiger partial charge in [-0.2, -0.15) is 0 Å². The fourth-order valence-corrected chi connectivity index (χ4v) is 1.07. The van der Waals surface area contributed by atoms with Crippen LogP contribution in [0.15, 0.2) is 0 Å². The van der Waals surface area contributed by atoms with Crippen molar-refractivity contribution in [2.45, 2.75) is 45.6 Å². The van der Waals surface area contributed by atoms with E-state index in [1.54, 1.807) is 0 Å². The Bertz CT molecular complexity index is 123. The van der Waals surface area contributed by atoms with Crippen molar-refractivity contribution in [2.24, 2.45) is 11.7 Å². The Hall–Kier alpha value is -0.480. The van der Waals surface area contributed by atoms with Gasteiger partial charge in [0.2, 0.25) is 0 Å². The molecule has 64 valence electrons. The lowest BCUT2D eigenvalue weighted by Crippen LogP contribution is -2.22. The average molecular weight is 153 g/mol. The minimum Gasteiger partial charge on any atom is -0.328 e. The maximum atomic E-state index is 5.84. The predicted molar refractivity (Wildman–Crippen MR) is 50.1 cm³/mol. The first-order valence-electron chi connectivity index (χ1n) is 4.39. The fourth-order valence-electron chi connectivity index (χ4n) is 1.07. The van der Waals surface area contributed by atoms with Gasteiger partial charge in [-0.15, -0.1) is 12.3 Å². The molecular formula is C10H19N. The summed E-state index contributed by atoms with van der Waals surface area (Å²) in [7, 11) is 0. The molecule has 11 heavy (non-hydrogen) atoms.